The van der Waals surface area contributed by atoms with Gasteiger partial charge < -0.3 is 19.5 Å². The summed E-state index contributed by atoms with van der Waals surface area (Å²) in [5.74, 6) is 0.0660. The Morgan fingerprint density at radius 1 is 1.06 bits per heavy atom. The molecule has 0 radical (unpaired) electrons. The molecule has 1 saturated carbocycles. The van der Waals surface area contributed by atoms with E-state index in [0.717, 1.165) is 62.7 Å². The van der Waals surface area contributed by atoms with Crippen molar-refractivity contribution in [3.8, 4) is 5.75 Å². The number of carbonyl (C=O) groups excluding carboxylic acids is 2. The molecule has 1 unspecified atom stereocenters. The number of likely N-dealkylation sites (tertiary alicyclic amines) is 1. The summed E-state index contributed by atoms with van der Waals surface area (Å²) in [5, 5.41) is 3.01. The van der Waals surface area contributed by atoms with E-state index in [4.69, 9.17) is 4.74 Å². The number of aromatic nitrogens is 1. The van der Waals surface area contributed by atoms with Crippen molar-refractivity contribution in [3.05, 3.63) is 63.6 Å². The monoisotopic (exact) mass is 465 g/mol. The lowest BCUT2D eigenvalue weighted by atomic mass is 9.98. The van der Waals surface area contributed by atoms with Gasteiger partial charge in [0, 0.05) is 37.6 Å². The third-order valence-electron chi connectivity index (χ3n) is 7.10. The third kappa shape index (κ3) is 5.34. The Morgan fingerprint density at radius 2 is 1.79 bits per heavy atom. The summed E-state index contributed by atoms with van der Waals surface area (Å²) >= 11 is 0. The van der Waals surface area contributed by atoms with E-state index in [2.05, 4.69) is 12.2 Å². The first kappa shape index (κ1) is 24.0. The van der Waals surface area contributed by atoms with Crippen LogP contribution < -0.4 is 15.5 Å². The summed E-state index contributed by atoms with van der Waals surface area (Å²) in [6.07, 6.45) is 11.0. The Bertz CT molecular complexity index is 1090. The Labute approximate surface area is 201 Å². The number of carbonyl (C=O) groups is 2. The molecule has 1 aliphatic carbocycles. The maximum atomic E-state index is 13.6. The van der Waals surface area contributed by atoms with E-state index in [9.17, 15) is 14.4 Å². The van der Waals surface area contributed by atoms with Gasteiger partial charge in [0.25, 0.3) is 11.8 Å². The number of nitrogens with zero attached hydrogens (tertiary/aromatic N) is 2. The number of hydrogen-bond acceptors (Lipinski definition) is 4. The lowest BCUT2D eigenvalue weighted by Gasteiger charge is -2.35. The van der Waals surface area contributed by atoms with Gasteiger partial charge in [-0.1, -0.05) is 31.9 Å². The quantitative estimate of drug-likeness (QED) is 0.671. The van der Waals surface area contributed by atoms with Crippen LogP contribution in [0.15, 0.2) is 41.5 Å². The van der Waals surface area contributed by atoms with Crippen molar-refractivity contribution in [2.45, 2.75) is 76.9 Å². The lowest BCUT2D eigenvalue weighted by Crippen LogP contribution is -2.46. The van der Waals surface area contributed by atoms with Gasteiger partial charge in [-0.2, -0.15) is 0 Å². The number of nitrogens with one attached hydrogen (secondary N) is 1. The minimum atomic E-state index is -0.484. The summed E-state index contributed by atoms with van der Waals surface area (Å²) in [6, 6.07) is 7.85. The number of amides is 2. The Kier molecular flexibility index (Phi) is 7.70. The van der Waals surface area contributed by atoms with Crippen LogP contribution in [0.3, 0.4) is 0 Å². The Balaban J connectivity index is 1.71. The fraction of sp³-hybridized carbons (Fsp3) is 0.519. The summed E-state index contributed by atoms with van der Waals surface area (Å²) < 4.78 is 7.10. The van der Waals surface area contributed by atoms with Crippen LogP contribution in [-0.2, 0) is 6.54 Å². The van der Waals surface area contributed by atoms with Crippen molar-refractivity contribution >= 4 is 11.8 Å². The van der Waals surface area contributed by atoms with Crippen molar-refractivity contribution in [1.29, 1.82) is 0 Å². The van der Waals surface area contributed by atoms with Crippen LogP contribution in [-0.4, -0.2) is 47.0 Å². The maximum Gasteiger partial charge on any atom is 0.259 e. The second-order valence-electron chi connectivity index (χ2n) is 9.45. The van der Waals surface area contributed by atoms with Gasteiger partial charge in [0.05, 0.1) is 7.11 Å². The van der Waals surface area contributed by atoms with Gasteiger partial charge in [-0.25, -0.2) is 0 Å². The van der Waals surface area contributed by atoms with E-state index in [1.165, 1.54) is 0 Å². The lowest BCUT2D eigenvalue weighted by molar-refractivity contribution is 0.0605. The second-order valence-corrected chi connectivity index (χ2v) is 9.45. The summed E-state index contributed by atoms with van der Waals surface area (Å²) in [6.45, 7) is 3.13. The molecule has 0 bridgehead atoms. The van der Waals surface area contributed by atoms with Crippen molar-refractivity contribution in [2.24, 2.45) is 0 Å². The predicted octanol–water partition coefficient (Wildman–Crippen LogP) is 3.98. The first-order valence-corrected chi connectivity index (χ1v) is 12.5. The average Bonchev–Trinajstić information content (AvgIpc) is 3.37. The van der Waals surface area contributed by atoms with Crippen LogP contribution in [0.25, 0.3) is 0 Å². The zero-order valence-electron chi connectivity index (χ0n) is 20.2. The molecule has 1 aromatic heterocycles. The Hall–Kier alpha value is -3.09. The molecule has 0 spiro atoms. The minimum Gasteiger partial charge on any atom is -0.497 e. The van der Waals surface area contributed by atoms with Gasteiger partial charge in [-0.15, -0.1) is 0 Å². The maximum absolute atomic E-state index is 13.6. The van der Waals surface area contributed by atoms with E-state index in [1.807, 2.05) is 29.2 Å². The molecular formula is C27H35N3O4. The molecule has 1 atom stereocenters. The largest absolute Gasteiger partial charge is 0.497 e. The van der Waals surface area contributed by atoms with Crippen molar-refractivity contribution in [1.82, 2.24) is 14.8 Å². The molecule has 2 aliphatic rings. The fourth-order valence-corrected chi connectivity index (χ4v) is 5.20. The highest BCUT2D eigenvalue weighted by molar-refractivity contribution is 5.99. The molecule has 4 rings (SSSR count). The number of ether oxygens (including phenoxy) is 1. The van der Waals surface area contributed by atoms with Gasteiger partial charge >= 0.3 is 0 Å². The van der Waals surface area contributed by atoms with E-state index >= 15 is 0 Å². The molecule has 2 fully saturated rings. The minimum absolute atomic E-state index is 0.0331. The van der Waals surface area contributed by atoms with E-state index < -0.39 is 11.3 Å². The van der Waals surface area contributed by atoms with Crippen LogP contribution >= 0.6 is 0 Å². The number of pyridine rings is 1. The average molecular weight is 466 g/mol. The normalized spacial score (nSPS) is 18.6. The zero-order chi connectivity index (χ0) is 24.1. The first-order chi connectivity index (χ1) is 16.5. The second kappa shape index (κ2) is 10.9. The molecule has 1 saturated heterocycles. The highest BCUT2D eigenvalue weighted by Gasteiger charge is 2.30. The molecule has 34 heavy (non-hydrogen) atoms. The number of rotatable bonds is 7. The van der Waals surface area contributed by atoms with Crippen LogP contribution in [0, 0.1) is 0 Å². The molecule has 182 valence electrons. The molecule has 1 aromatic carbocycles. The fourth-order valence-electron chi connectivity index (χ4n) is 5.20. The van der Waals surface area contributed by atoms with Gasteiger partial charge in [0.2, 0.25) is 5.43 Å². The van der Waals surface area contributed by atoms with Gasteiger partial charge in [0.1, 0.15) is 16.9 Å². The highest BCUT2D eigenvalue weighted by atomic mass is 16.5. The highest BCUT2D eigenvalue weighted by Crippen LogP contribution is 2.22. The van der Waals surface area contributed by atoms with Crippen LogP contribution in [0.5, 0.6) is 5.75 Å². The zero-order valence-corrected chi connectivity index (χ0v) is 20.2. The SMILES string of the molecule is CCC1CCCCN1C(=O)c1cn(Cc2cccc(OC)c2)cc(C(=O)NC2CCCC2)c1=O. The Morgan fingerprint density at radius 3 is 2.53 bits per heavy atom. The van der Waals surface area contributed by atoms with Gasteiger partial charge in [0.15, 0.2) is 0 Å². The summed E-state index contributed by atoms with van der Waals surface area (Å²) in [4.78, 5) is 42.0. The standard InChI is InChI=1S/C27H35N3O4/c1-3-21-12-6-7-14-30(21)27(33)24-18-29(16-19-9-8-13-22(15-19)34-2)17-23(25(24)31)26(32)28-20-10-4-5-11-20/h8-9,13,15,17-18,20-21H,3-7,10-12,14,16H2,1-2H3,(H,28,32). The summed E-state index contributed by atoms with van der Waals surface area (Å²) in [7, 11) is 1.61. The third-order valence-corrected chi connectivity index (χ3v) is 7.10. The molecule has 2 aromatic rings. The smallest absolute Gasteiger partial charge is 0.259 e. The molecular weight excluding hydrogens is 430 g/mol. The molecule has 7 heteroatoms. The topological polar surface area (TPSA) is 80.6 Å². The predicted molar refractivity (Wildman–Crippen MR) is 131 cm³/mol. The number of benzene rings is 1. The van der Waals surface area contributed by atoms with Crippen LogP contribution in [0.2, 0.25) is 0 Å². The van der Waals surface area contributed by atoms with E-state index in [-0.39, 0.29) is 29.1 Å². The number of hydrogen-bond donors (Lipinski definition) is 1. The van der Waals surface area contributed by atoms with Crippen LogP contribution in [0.1, 0.15) is 84.6 Å². The van der Waals surface area contributed by atoms with Crippen molar-refractivity contribution in [2.75, 3.05) is 13.7 Å². The molecule has 7 nitrogen and oxygen atoms in total. The van der Waals surface area contributed by atoms with Crippen LogP contribution in [0.4, 0.5) is 0 Å². The summed E-state index contributed by atoms with van der Waals surface area (Å²) in [5.41, 5.74) is 0.573. The first-order valence-electron chi connectivity index (χ1n) is 12.5. The van der Waals surface area contributed by atoms with E-state index in [1.54, 1.807) is 24.1 Å². The number of methoxy groups -OCH3 is 1. The molecule has 1 N–H and O–H groups in total. The molecule has 1 aliphatic heterocycles. The molecule has 2 heterocycles. The molecule has 2 amide bonds. The van der Waals surface area contributed by atoms with E-state index in [0.29, 0.717) is 13.1 Å². The van der Waals surface area contributed by atoms with Gasteiger partial charge in [-0.3, -0.25) is 14.4 Å². The van der Waals surface area contributed by atoms with Gasteiger partial charge in [-0.05, 0) is 56.2 Å². The van der Waals surface area contributed by atoms with Crippen molar-refractivity contribution < 1.29 is 14.3 Å². The number of piperidine rings is 1. The van der Waals surface area contributed by atoms with Crippen molar-refractivity contribution in [3.63, 3.8) is 0 Å².